The van der Waals surface area contributed by atoms with Crippen LogP contribution >= 0.6 is 0 Å². The zero-order valence-electron chi connectivity index (χ0n) is 19.6. The SMILES string of the molecule is CCCCCCCCCCCCCC(=O)Nc1ccn([C@@H]2O[C@H](CO)[C@@H](O)[C@H]2C#N)c(=O)n1. The van der Waals surface area contributed by atoms with Gasteiger partial charge >= 0.3 is 5.69 Å². The van der Waals surface area contributed by atoms with Crippen LogP contribution in [0.2, 0.25) is 0 Å². The summed E-state index contributed by atoms with van der Waals surface area (Å²) in [5.74, 6) is -1.07. The number of hydrogen-bond acceptors (Lipinski definition) is 7. The Labute approximate surface area is 195 Å². The lowest BCUT2D eigenvalue weighted by Crippen LogP contribution is -2.32. The molecule has 0 aliphatic carbocycles. The Kier molecular flexibility index (Phi) is 12.1. The van der Waals surface area contributed by atoms with Crippen molar-refractivity contribution >= 4 is 11.7 Å². The molecule has 4 atom stereocenters. The number of aliphatic hydroxyl groups excluding tert-OH is 2. The number of nitrogens with zero attached hydrogens (tertiary/aromatic N) is 3. The molecule has 0 bridgehead atoms. The predicted octanol–water partition coefficient (Wildman–Crippen LogP) is 3.27. The molecular weight excluding hydrogens is 424 g/mol. The highest BCUT2D eigenvalue weighted by molar-refractivity contribution is 5.89. The molecule has 1 aromatic rings. The summed E-state index contributed by atoms with van der Waals surface area (Å²) in [6, 6.07) is 3.37. The van der Waals surface area contributed by atoms with Crippen molar-refractivity contribution in [2.24, 2.45) is 5.92 Å². The second kappa shape index (κ2) is 14.8. The number of aliphatic hydroxyl groups is 2. The number of ether oxygens (including phenoxy) is 1. The topological polar surface area (TPSA) is 137 Å². The van der Waals surface area contributed by atoms with Crippen LogP contribution in [0.5, 0.6) is 0 Å². The third kappa shape index (κ3) is 8.54. The first-order valence-electron chi connectivity index (χ1n) is 12.2. The quantitative estimate of drug-likeness (QED) is 0.340. The first-order chi connectivity index (χ1) is 16.0. The lowest BCUT2D eigenvalue weighted by Gasteiger charge is -2.16. The maximum atomic E-state index is 12.4. The number of rotatable bonds is 15. The molecule has 33 heavy (non-hydrogen) atoms. The van der Waals surface area contributed by atoms with E-state index in [0.717, 1.165) is 23.8 Å². The number of unbranched alkanes of at least 4 members (excludes halogenated alkanes) is 10. The lowest BCUT2D eigenvalue weighted by molar-refractivity contribution is -0.116. The summed E-state index contributed by atoms with van der Waals surface area (Å²) in [7, 11) is 0. The van der Waals surface area contributed by atoms with Gasteiger partial charge in [-0.15, -0.1) is 0 Å². The summed E-state index contributed by atoms with van der Waals surface area (Å²) in [5.41, 5.74) is -0.710. The number of anilines is 1. The van der Waals surface area contributed by atoms with Crippen molar-refractivity contribution in [2.75, 3.05) is 11.9 Å². The fourth-order valence-corrected chi connectivity index (χ4v) is 4.11. The van der Waals surface area contributed by atoms with Crippen LogP contribution in [0.4, 0.5) is 5.82 Å². The molecule has 3 N–H and O–H groups in total. The summed E-state index contributed by atoms with van der Waals surface area (Å²) in [6.07, 6.45) is 11.8. The first-order valence-corrected chi connectivity index (χ1v) is 12.2. The van der Waals surface area contributed by atoms with Crippen LogP contribution in [0.25, 0.3) is 0 Å². The van der Waals surface area contributed by atoms with Gasteiger partial charge in [-0.2, -0.15) is 10.2 Å². The molecule has 1 saturated heterocycles. The highest BCUT2D eigenvalue weighted by Crippen LogP contribution is 2.33. The van der Waals surface area contributed by atoms with E-state index in [-0.39, 0.29) is 11.7 Å². The van der Waals surface area contributed by atoms with Gasteiger partial charge in [-0.25, -0.2) is 4.79 Å². The van der Waals surface area contributed by atoms with Crippen LogP contribution in [0.1, 0.15) is 90.2 Å². The summed E-state index contributed by atoms with van der Waals surface area (Å²) < 4.78 is 6.54. The van der Waals surface area contributed by atoms with Crippen molar-refractivity contribution in [3.05, 3.63) is 22.7 Å². The molecule has 2 heterocycles. The molecule has 0 aromatic carbocycles. The summed E-state index contributed by atoms with van der Waals surface area (Å²) in [6.45, 7) is 1.76. The van der Waals surface area contributed by atoms with Crippen molar-refractivity contribution in [1.82, 2.24) is 9.55 Å². The van der Waals surface area contributed by atoms with E-state index in [4.69, 9.17) is 4.74 Å². The molecule has 2 rings (SSSR count). The number of hydrogen-bond donors (Lipinski definition) is 3. The summed E-state index contributed by atoms with van der Waals surface area (Å²) in [5, 5.41) is 31.2. The molecule has 1 aromatic heterocycles. The molecule has 9 nitrogen and oxygen atoms in total. The Balaban J connectivity index is 1.69. The van der Waals surface area contributed by atoms with E-state index in [2.05, 4.69) is 17.2 Å². The van der Waals surface area contributed by atoms with Gasteiger partial charge in [0.25, 0.3) is 0 Å². The summed E-state index contributed by atoms with van der Waals surface area (Å²) >= 11 is 0. The largest absolute Gasteiger partial charge is 0.394 e. The van der Waals surface area contributed by atoms with E-state index in [1.165, 1.54) is 63.6 Å². The highest BCUT2D eigenvalue weighted by Gasteiger charge is 2.45. The third-order valence-corrected chi connectivity index (χ3v) is 6.08. The van der Waals surface area contributed by atoms with Gasteiger partial charge in [0.2, 0.25) is 5.91 Å². The Hall–Kier alpha value is -2.28. The zero-order valence-corrected chi connectivity index (χ0v) is 19.6. The van der Waals surface area contributed by atoms with E-state index in [1.807, 2.05) is 6.07 Å². The molecule has 1 fully saturated rings. The van der Waals surface area contributed by atoms with Gasteiger partial charge in [-0.05, 0) is 12.5 Å². The van der Waals surface area contributed by atoms with Gasteiger partial charge in [0, 0.05) is 12.6 Å². The van der Waals surface area contributed by atoms with E-state index < -0.39 is 36.7 Å². The van der Waals surface area contributed by atoms with Crippen LogP contribution in [0.3, 0.4) is 0 Å². The zero-order chi connectivity index (χ0) is 24.1. The van der Waals surface area contributed by atoms with Crippen LogP contribution in [0, 0.1) is 17.2 Å². The third-order valence-electron chi connectivity index (χ3n) is 6.08. The van der Waals surface area contributed by atoms with Gasteiger partial charge in [0.1, 0.15) is 23.9 Å². The predicted molar refractivity (Wildman–Crippen MR) is 124 cm³/mol. The normalized spacial score (nSPS) is 22.2. The number of amides is 1. The maximum Gasteiger partial charge on any atom is 0.351 e. The summed E-state index contributed by atoms with van der Waals surface area (Å²) in [4.78, 5) is 28.4. The highest BCUT2D eigenvalue weighted by atomic mass is 16.5. The number of nitrogens with one attached hydrogen (secondary N) is 1. The number of nitriles is 1. The van der Waals surface area contributed by atoms with E-state index in [1.54, 1.807) is 0 Å². The molecule has 1 aliphatic rings. The molecule has 0 saturated carbocycles. The minimum Gasteiger partial charge on any atom is -0.394 e. The lowest BCUT2D eigenvalue weighted by atomic mass is 10.0. The Bertz CT molecular complexity index is 822. The van der Waals surface area contributed by atoms with Crippen LogP contribution in [-0.4, -0.2) is 44.5 Å². The molecule has 184 valence electrons. The molecule has 0 radical (unpaired) electrons. The fraction of sp³-hybridized carbons (Fsp3) is 0.750. The maximum absolute atomic E-state index is 12.4. The molecule has 1 aliphatic heterocycles. The molecule has 0 unspecified atom stereocenters. The first kappa shape index (κ1) is 27.0. The second-order valence-corrected chi connectivity index (χ2v) is 8.73. The van der Waals surface area contributed by atoms with Gasteiger partial charge < -0.3 is 20.3 Å². The smallest absolute Gasteiger partial charge is 0.351 e. The van der Waals surface area contributed by atoms with E-state index in [0.29, 0.717) is 6.42 Å². The van der Waals surface area contributed by atoms with E-state index in [9.17, 15) is 25.1 Å². The van der Waals surface area contributed by atoms with E-state index >= 15 is 0 Å². The van der Waals surface area contributed by atoms with Crippen molar-refractivity contribution in [3.63, 3.8) is 0 Å². The molecule has 9 heteroatoms. The molecule has 1 amide bonds. The van der Waals surface area contributed by atoms with Crippen molar-refractivity contribution < 1.29 is 19.7 Å². The van der Waals surface area contributed by atoms with Crippen LogP contribution in [-0.2, 0) is 9.53 Å². The van der Waals surface area contributed by atoms with Crippen molar-refractivity contribution in [3.8, 4) is 6.07 Å². The van der Waals surface area contributed by atoms with Gasteiger partial charge in [-0.1, -0.05) is 71.1 Å². The van der Waals surface area contributed by atoms with Gasteiger partial charge in [0.05, 0.1) is 12.7 Å². The molecule has 0 spiro atoms. The Morgan fingerprint density at radius 2 is 1.76 bits per heavy atom. The minimum absolute atomic E-state index is 0.134. The monoisotopic (exact) mass is 462 g/mol. The second-order valence-electron chi connectivity index (χ2n) is 8.73. The Morgan fingerprint density at radius 1 is 1.15 bits per heavy atom. The van der Waals surface area contributed by atoms with Gasteiger partial charge in [0.15, 0.2) is 6.23 Å². The number of carbonyl (C=O) groups is 1. The number of aromatic nitrogens is 2. The number of carbonyl (C=O) groups excluding carboxylic acids is 1. The van der Waals surface area contributed by atoms with Crippen LogP contribution < -0.4 is 11.0 Å². The fourth-order valence-electron chi connectivity index (χ4n) is 4.11. The minimum atomic E-state index is -1.21. The average Bonchev–Trinajstić information content (AvgIpc) is 3.12. The van der Waals surface area contributed by atoms with Crippen molar-refractivity contribution in [2.45, 2.75) is 102 Å². The average molecular weight is 463 g/mol. The van der Waals surface area contributed by atoms with Crippen LogP contribution in [0.15, 0.2) is 17.1 Å². The molecular formula is C24H38N4O5. The van der Waals surface area contributed by atoms with Gasteiger partial charge in [-0.3, -0.25) is 9.36 Å². The van der Waals surface area contributed by atoms with Crippen molar-refractivity contribution in [1.29, 1.82) is 5.26 Å². The standard InChI is InChI=1S/C24H38N4O5/c1-2-3-4-5-6-7-8-9-10-11-12-13-21(30)26-20-14-15-28(24(32)27-20)23-18(16-25)22(31)19(17-29)33-23/h14-15,18-19,22-23,29,31H,2-13,17H2,1H3,(H,26,27,30,32)/t18-,19-,22+,23-/m1/s1. The Morgan fingerprint density at radius 3 is 2.30 bits per heavy atom.